The zero-order chi connectivity index (χ0) is 15.4. The Labute approximate surface area is 129 Å². The number of ether oxygens (including phenoxy) is 1. The molecule has 0 aliphatic rings. The van der Waals surface area contributed by atoms with Crippen molar-refractivity contribution in [1.29, 1.82) is 0 Å². The van der Waals surface area contributed by atoms with Gasteiger partial charge in [-0.05, 0) is 42.5 Å². The highest BCUT2D eigenvalue weighted by molar-refractivity contribution is 7.91. The lowest BCUT2D eigenvalue weighted by Gasteiger charge is -2.08. The fraction of sp³-hybridized carbons (Fsp3) is 0. The van der Waals surface area contributed by atoms with Crippen LogP contribution in [0.2, 0.25) is 0 Å². The molecule has 0 aliphatic carbocycles. The van der Waals surface area contributed by atoms with Crippen molar-refractivity contribution in [3.63, 3.8) is 0 Å². The predicted octanol–water partition coefficient (Wildman–Crippen LogP) is 4.31. The minimum Gasteiger partial charge on any atom is -0.457 e. The second kappa shape index (κ2) is 6.03. The van der Waals surface area contributed by atoms with E-state index in [1.165, 1.54) is 6.07 Å². The minimum absolute atomic E-state index is 0.215. The Morgan fingerprint density at radius 3 is 1.82 bits per heavy atom. The van der Waals surface area contributed by atoms with Crippen LogP contribution in [0.4, 0.5) is 0 Å². The maximum Gasteiger partial charge on any atom is 0.206 e. The van der Waals surface area contributed by atoms with Crippen LogP contribution in [0.5, 0.6) is 11.5 Å². The summed E-state index contributed by atoms with van der Waals surface area (Å²) in [5.41, 5.74) is 0. The average molecular weight is 310 g/mol. The van der Waals surface area contributed by atoms with Crippen LogP contribution in [-0.4, -0.2) is 8.42 Å². The average Bonchev–Trinajstić information content (AvgIpc) is 2.57. The van der Waals surface area contributed by atoms with Crippen molar-refractivity contribution >= 4 is 9.84 Å². The molecule has 22 heavy (non-hydrogen) atoms. The van der Waals surface area contributed by atoms with E-state index in [-0.39, 0.29) is 9.79 Å². The topological polar surface area (TPSA) is 43.4 Å². The van der Waals surface area contributed by atoms with Gasteiger partial charge in [-0.15, -0.1) is 0 Å². The highest BCUT2D eigenvalue weighted by Crippen LogP contribution is 2.27. The maximum atomic E-state index is 12.6. The van der Waals surface area contributed by atoms with E-state index in [1.54, 1.807) is 48.5 Å². The fourth-order valence-electron chi connectivity index (χ4n) is 2.07. The molecule has 0 amide bonds. The molecule has 3 nitrogen and oxygen atoms in total. The summed E-state index contributed by atoms with van der Waals surface area (Å²) in [5, 5.41) is 0. The van der Waals surface area contributed by atoms with Crippen LogP contribution in [0.25, 0.3) is 0 Å². The van der Waals surface area contributed by atoms with Gasteiger partial charge in [-0.2, -0.15) is 0 Å². The molecule has 0 bridgehead atoms. The van der Waals surface area contributed by atoms with E-state index < -0.39 is 9.84 Å². The SMILES string of the molecule is O=S(=O)(c1ccccc1)c1cccc(Oc2ccccc2)c1. The van der Waals surface area contributed by atoms with Gasteiger partial charge in [0.15, 0.2) is 0 Å². The summed E-state index contributed by atoms with van der Waals surface area (Å²) >= 11 is 0. The molecule has 4 heteroatoms. The third-order valence-electron chi connectivity index (χ3n) is 3.15. The summed E-state index contributed by atoms with van der Waals surface area (Å²) in [7, 11) is -3.53. The van der Waals surface area contributed by atoms with Crippen LogP contribution in [0.1, 0.15) is 0 Å². The zero-order valence-electron chi connectivity index (χ0n) is 11.7. The Morgan fingerprint density at radius 2 is 1.14 bits per heavy atom. The molecule has 110 valence electrons. The largest absolute Gasteiger partial charge is 0.457 e. The number of para-hydroxylation sites is 1. The van der Waals surface area contributed by atoms with Gasteiger partial charge in [-0.3, -0.25) is 0 Å². The first-order chi connectivity index (χ1) is 10.7. The molecule has 0 unspecified atom stereocenters. The lowest BCUT2D eigenvalue weighted by atomic mass is 10.3. The summed E-state index contributed by atoms with van der Waals surface area (Å²) in [6.07, 6.45) is 0. The first-order valence-corrected chi connectivity index (χ1v) is 8.28. The number of hydrogen-bond acceptors (Lipinski definition) is 3. The van der Waals surface area contributed by atoms with E-state index in [0.717, 1.165) is 0 Å². The van der Waals surface area contributed by atoms with E-state index in [0.29, 0.717) is 11.5 Å². The molecule has 3 aromatic carbocycles. The molecule has 0 saturated heterocycles. The molecule has 0 saturated carbocycles. The van der Waals surface area contributed by atoms with Gasteiger partial charge < -0.3 is 4.74 Å². The van der Waals surface area contributed by atoms with E-state index >= 15 is 0 Å². The van der Waals surface area contributed by atoms with Gasteiger partial charge in [-0.1, -0.05) is 42.5 Å². The van der Waals surface area contributed by atoms with Crippen LogP contribution in [-0.2, 0) is 9.84 Å². The quantitative estimate of drug-likeness (QED) is 0.721. The normalized spacial score (nSPS) is 11.1. The molecule has 0 fully saturated rings. The minimum atomic E-state index is -3.53. The molecule has 0 N–H and O–H groups in total. The standard InChI is InChI=1S/C18H14O3S/c19-22(20,17-11-5-2-6-12-17)18-13-7-10-16(14-18)21-15-8-3-1-4-9-15/h1-14H. The Morgan fingerprint density at radius 1 is 0.591 bits per heavy atom. The monoisotopic (exact) mass is 310 g/mol. The molecular weight excluding hydrogens is 296 g/mol. The van der Waals surface area contributed by atoms with Gasteiger partial charge in [-0.25, -0.2) is 8.42 Å². The summed E-state index contributed by atoms with van der Waals surface area (Å²) in [4.78, 5) is 0.485. The van der Waals surface area contributed by atoms with Crippen LogP contribution in [0, 0.1) is 0 Å². The second-order valence-electron chi connectivity index (χ2n) is 4.71. The van der Waals surface area contributed by atoms with Crippen molar-refractivity contribution in [3.8, 4) is 11.5 Å². The van der Waals surface area contributed by atoms with Gasteiger partial charge in [0, 0.05) is 0 Å². The van der Waals surface area contributed by atoms with Crippen molar-refractivity contribution in [2.75, 3.05) is 0 Å². The van der Waals surface area contributed by atoms with Crippen molar-refractivity contribution in [3.05, 3.63) is 84.9 Å². The Hall–Kier alpha value is -2.59. The summed E-state index contributed by atoms with van der Waals surface area (Å²) < 4.78 is 30.9. The molecule has 3 rings (SSSR count). The van der Waals surface area contributed by atoms with E-state index in [9.17, 15) is 8.42 Å². The lowest BCUT2D eigenvalue weighted by Crippen LogP contribution is -2.01. The Balaban J connectivity index is 1.95. The third kappa shape index (κ3) is 3.02. The molecule has 0 aromatic heterocycles. The molecule has 0 atom stereocenters. The predicted molar refractivity (Wildman–Crippen MR) is 84.9 cm³/mol. The highest BCUT2D eigenvalue weighted by atomic mass is 32.2. The highest BCUT2D eigenvalue weighted by Gasteiger charge is 2.17. The van der Waals surface area contributed by atoms with Crippen LogP contribution < -0.4 is 4.74 Å². The van der Waals surface area contributed by atoms with E-state index in [1.807, 2.05) is 30.3 Å². The van der Waals surface area contributed by atoms with Crippen LogP contribution in [0.15, 0.2) is 94.7 Å². The molecule has 0 aliphatic heterocycles. The van der Waals surface area contributed by atoms with Crippen molar-refractivity contribution in [2.24, 2.45) is 0 Å². The summed E-state index contributed by atoms with van der Waals surface area (Å²) in [6.45, 7) is 0. The van der Waals surface area contributed by atoms with Crippen LogP contribution >= 0.6 is 0 Å². The van der Waals surface area contributed by atoms with Gasteiger partial charge in [0.25, 0.3) is 0 Å². The number of benzene rings is 3. The third-order valence-corrected chi connectivity index (χ3v) is 4.92. The molecule has 0 heterocycles. The van der Waals surface area contributed by atoms with E-state index in [2.05, 4.69) is 0 Å². The zero-order valence-corrected chi connectivity index (χ0v) is 12.5. The first kappa shape index (κ1) is 14.4. The Kier molecular flexibility index (Phi) is 3.94. The van der Waals surface area contributed by atoms with Gasteiger partial charge in [0.05, 0.1) is 9.79 Å². The van der Waals surface area contributed by atoms with Gasteiger partial charge in [0.1, 0.15) is 11.5 Å². The van der Waals surface area contributed by atoms with E-state index in [4.69, 9.17) is 4.74 Å². The Bertz CT molecular complexity index is 857. The number of sulfone groups is 1. The maximum absolute atomic E-state index is 12.6. The van der Waals surface area contributed by atoms with Crippen molar-refractivity contribution in [2.45, 2.75) is 9.79 Å². The molecule has 0 spiro atoms. The van der Waals surface area contributed by atoms with Crippen LogP contribution in [0.3, 0.4) is 0 Å². The van der Waals surface area contributed by atoms with Crippen molar-refractivity contribution in [1.82, 2.24) is 0 Å². The van der Waals surface area contributed by atoms with Gasteiger partial charge >= 0.3 is 0 Å². The molecular formula is C18H14O3S. The second-order valence-corrected chi connectivity index (χ2v) is 6.66. The van der Waals surface area contributed by atoms with Crippen molar-refractivity contribution < 1.29 is 13.2 Å². The summed E-state index contributed by atoms with van der Waals surface area (Å²) in [5.74, 6) is 1.15. The number of hydrogen-bond donors (Lipinski definition) is 0. The fourth-order valence-corrected chi connectivity index (χ4v) is 3.38. The molecule has 3 aromatic rings. The summed E-state index contributed by atoms with van der Waals surface area (Å²) in [6, 6.07) is 24.1. The lowest BCUT2D eigenvalue weighted by molar-refractivity contribution is 0.480. The molecule has 0 radical (unpaired) electrons. The number of rotatable bonds is 4. The van der Waals surface area contributed by atoms with Gasteiger partial charge in [0.2, 0.25) is 9.84 Å². The first-order valence-electron chi connectivity index (χ1n) is 6.79. The smallest absolute Gasteiger partial charge is 0.206 e.